The Bertz CT molecular complexity index is 894. The van der Waals surface area contributed by atoms with Gasteiger partial charge >= 0.3 is 6.03 Å². The highest BCUT2D eigenvalue weighted by molar-refractivity contribution is 5.95. The van der Waals surface area contributed by atoms with Crippen LogP contribution < -0.4 is 16.4 Å². The van der Waals surface area contributed by atoms with E-state index in [2.05, 4.69) is 10.6 Å². The Morgan fingerprint density at radius 3 is 2.00 bits per heavy atom. The van der Waals surface area contributed by atoms with E-state index in [1.54, 1.807) is 24.3 Å². The van der Waals surface area contributed by atoms with E-state index in [1.165, 1.54) is 0 Å². The molecule has 0 saturated heterocycles. The van der Waals surface area contributed by atoms with Crippen molar-refractivity contribution in [2.24, 2.45) is 5.73 Å². The molecule has 0 aliphatic carbocycles. The molecule has 3 aromatic rings. The lowest BCUT2D eigenvalue weighted by molar-refractivity contribution is 0.0936. The quantitative estimate of drug-likeness (QED) is 0.624. The molecule has 3 amide bonds. The highest BCUT2D eigenvalue weighted by Crippen LogP contribution is 2.19. The average molecular weight is 359 g/mol. The normalized spacial score (nSPS) is 11.4. The third kappa shape index (κ3) is 5.19. The van der Waals surface area contributed by atoms with Gasteiger partial charge in [-0.25, -0.2) is 4.79 Å². The van der Waals surface area contributed by atoms with E-state index in [9.17, 15) is 9.59 Å². The molecule has 0 spiro atoms. The predicted octanol–water partition coefficient (Wildman–Crippen LogP) is 3.89. The van der Waals surface area contributed by atoms with E-state index in [1.807, 2.05) is 60.7 Å². The van der Waals surface area contributed by atoms with E-state index in [4.69, 9.17) is 5.73 Å². The topological polar surface area (TPSA) is 84.2 Å². The summed E-state index contributed by atoms with van der Waals surface area (Å²) in [4.78, 5) is 23.6. The van der Waals surface area contributed by atoms with Crippen LogP contribution in [-0.4, -0.2) is 11.9 Å². The Morgan fingerprint density at radius 1 is 0.815 bits per heavy atom. The third-order valence-corrected chi connectivity index (χ3v) is 4.20. The summed E-state index contributed by atoms with van der Waals surface area (Å²) in [5.74, 6) is -0.176. The zero-order chi connectivity index (χ0) is 19.1. The number of carbonyl (C=O) groups excluding carboxylic acids is 2. The Balaban J connectivity index is 1.77. The van der Waals surface area contributed by atoms with E-state index in [0.717, 1.165) is 11.1 Å². The summed E-state index contributed by atoms with van der Waals surface area (Å²) >= 11 is 0. The lowest BCUT2D eigenvalue weighted by Gasteiger charge is -2.20. The minimum Gasteiger partial charge on any atom is -0.351 e. The summed E-state index contributed by atoms with van der Waals surface area (Å²) in [5.41, 5.74) is 8.34. The summed E-state index contributed by atoms with van der Waals surface area (Å²) in [6.07, 6.45) is 0.692. The number of anilines is 1. The van der Waals surface area contributed by atoms with Crippen LogP contribution in [0.5, 0.6) is 0 Å². The number of carbonyl (C=O) groups is 2. The van der Waals surface area contributed by atoms with Gasteiger partial charge in [0.1, 0.15) is 0 Å². The first-order chi connectivity index (χ1) is 13.1. The molecular formula is C22H21N3O2. The van der Waals surface area contributed by atoms with Crippen LogP contribution in [-0.2, 0) is 6.42 Å². The smallest absolute Gasteiger partial charge is 0.316 e. The van der Waals surface area contributed by atoms with Gasteiger partial charge in [-0.2, -0.15) is 0 Å². The lowest BCUT2D eigenvalue weighted by Crippen LogP contribution is -2.30. The Hall–Kier alpha value is -3.60. The molecule has 0 fully saturated rings. The van der Waals surface area contributed by atoms with Crippen molar-refractivity contribution in [3.63, 3.8) is 0 Å². The van der Waals surface area contributed by atoms with Crippen molar-refractivity contribution in [3.8, 4) is 0 Å². The van der Waals surface area contributed by atoms with Crippen molar-refractivity contribution < 1.29 is 9.59 Å². The molecular weight excluding hydrogens is 338 g/mol. The van der Waals surface area contributed by atoms with Gasteiger partial charge < -0.3 is 16.4 Å². The molecule has 5 nitrogen and oxygen atoms in total. The molecule has 0 aliphatic rings. The van der Waals surface area contributed by atoms with Crippen molar-refractivity contribution in [1.82, 2.24) is 5.32 Å². The van der Waals surface area contributed by atoms with Gasteiger partial charge in [0.2, 0.25) is 0 Å². The van der Waals surface area contributed by atoms with Crippen LogP contribution >= 0.6 is 0 Å². The molecule has 3 aromatic carbocycles. The van der Waals surface area contributed by atoms with E-state index in [-0.39, 0.29) is 11.9 Å². The van der Waals surface area contributed by atoms with Crippen molar-refractivity contribution in [3.05, 3.63) is 102 Å². The van der Waals surface area contributed by atoms with E-state index < -0.39 is 6.03 Å². The van der Waals surface area contributed by atoms with Gasteiger partial charge in [-0.3, -0.25) is 4.79 Å². The minimum absolute atomic E-state index is 0.149. The average Bonchev–Trinajstić information content (AvgIpc) is 2.69. The van der Waals surface area contributed by atoms with Crippen LogP contribution in [0.1, 0.15) is 27.5 Å². The Kier molecular flexibility index (Phi) is 5.84. The van der Waals surface area contributed by atoms with Crippen LogP contribution in [0.15, 0.2) is 84.9 Å². The van der Waals surface area contributed by atoms with E-state index in [0.29, 0.717) is 17.7 Å². The molecule has 0 radical (unpaired) electrons. The van der Waals surface area contributed by atoms with Gasteiger partial charge in [-0.15, -0.1) is 0 Å². The Labute approximate surface area is 158 Å². The number of primary amides is 1. The third-order valence-electron chi connectivity index (χ3n) is 4.20. The maximum Gasteiger partial charge on any atom is 0.316 e. The SMILES string of the molecule is NC(=O)Nc1ccc(C(=O)N[C@@H](Cc2ccccc2)c2ccccc2)cc1. The van der Waals surface area contributed by atoms with Crippen LogP contribution in [0.4, 0.5) is 10.5 Å². The second-order valence-corrected chi connectivity index (χ2v) is 6.19. The van der Waals surface area contributed by atoms with Gasteiger partial charge in [0.25, 0.3) is 5.91 Å². The number of rotatable bonds is 6. The summed E-state index contributed by atoms with van der Waals surface area (Å²) < 4.78 is 0. The second kappa shape index (κ2) is 8.67. The minimum atomic E-state index is -0.640. The fourth-order valence-corrected chi connectivity index (χ4v) is 2.88. The monoisotopic (exact) mass is 359 g/mol. The molecule has 0 unspecified atom stereocenters. The highest BCUT2D eigenvalue weighted by atomic mass is 16.2. The molecule has 0 aromatic heterocycles. The maximum absolute atomic E-state index is 12.7. The van der Waals surface area contributed by atoms with Crippen molar-refractivity contribution in [1.29, 1.82) is 0 Å². The predicted molar refractivity (Wildman–Crippen MR) is 106 cm³/mol. The van der Waals surface area contributed by atoms with Gasteiger partial charge in [0, 0.05) is 11.3 Å². The Morgan fingerprint density at radius 2 is 1.41 bits per heavy atom. The molecule has 4 N–H and O–H groups in total. The fraction of sp³-hybridized carbons (Fsp3) is 0.0909. The number of urea groups is 1. The van der Waals surface area contributed by atoms with Crippen molar-refractivity contribution in [2.75, 3.05) is 5.32 Å². The first-order valence-electron chi connectivity index (χ1n) is 8.68. The molecule has 136 valence electrons. The summed E-state index contributed by atoms with van der Waals surface area (Å²) in [5, 5.41) is 5.58. The van der Waals surface area contributed by atoms with Gasteiger partial charge in [0.05, 0.1) is 6.04 Å². The second-order valence-electron chi connectivity index (χ2n) is 6.19. The number of hydrogen-bond donors (Lipinski definition) is 3. The molecule has 27 heavy (non-hydrogen) atoms. The van der Waals surface area contributed by atoms with Crippen LogP contribution in [0.25, 0.3) is 0 Å². The zero-order valence-corrected chi connectivity index (χ0v) is 14.8. The lowest BCUT2D eigenvalue weighted by atomic mass is 9.98. The number of nitrogens with one attached hydrogen (secondary N) is 2. The fourth-order valence-electron chi connectivity index (χ4n) is 2.88. The standard InChI is InChI=1S/C22H21N3O2/c23-22(27)24-19-13-11-18(12-14-19)21(26)25-20(17-9-5-2-6-10-17)15-16-7-3-1-4-8-16/h1-14,20H,15H2,(H,25,26)(H3,23,24,27)/t20-/m0/s1. The number of benzene rings is 3. The largest absolute Gasteiger partial charge is 0.351 e. The highest BCUT2D eigenvalue weighted by Gasteiger charge is 2.16. The van der Waals surface area contributed by atoms with Crippen LogP contribution in [0.3, 0.4) is 0 Å². The molecule has 0 aliphatic heterocycles. The van der Waals surface area contributed by atoms with Crippen molar-refractivity contribution >= 4 is 17.6 Å². The summed E-state index contributed by atoms with van der Waals surface area (Å²) in [7, 11) is 0. The van der Waals surface area contributed by atoms with Gasteiger partial charge in [-0.05, 0) is 41.8 Å². The molecule has 1 atom stereocenters. The maximum atomic E-state index is 12.7. The first kappa shape index (κ1) is 18.2. The van der Waals surface area contributed by atoms with Crippen LogP contribution in [0, 0.1) is 0 Å². The molecule has 3 rings (SSSR count). The summed E-state index contributed by atoms with van der Waals surface area (Å²) in [6.45, 7) is 0. The van der Waals surface area contributed by atoms with Crippen molar-refractivity contribution in [2.45, 2.75) is 12.5 Å². The number of hydrogen-bond acceptors (Lipinski definition) is 2. The zero-order valence-electron chi connectivity index (χ0n) is 14.8. The number of amides is 3. The summed E-state index contributed by atoms with van der Waals surface area (Å²) in [6, 6.07) is 25.8. The van der Waals surface area contributed by atoms with Gasteiger partial charge in [0.15, 0.2) is 0 Å². The molecule has 5 heteroatoms. The molecule has 0 bridgehead atoms. The number of nitrogens with two attached hydrogens (primary N) is 1. The van der Waals surface area contributed by atoms with Gasteiger partial charge in [-0.1, -0.05) is 60.7 Å². The molecule has 0 saturated carbocycles. The molecule has 0 heterocycles. The van der Waals surface area contributed by atoms with Crippen LogP contribution in [0.2, 0.25) is 0 Å². The first-order valence-corrected chi connectivity index (χ1v) is 8.68. The van der Waals surface area contributed by atoms with E-state index >= 15 is 0 Å².